The number of benzene rings is 1. The number of fused-ring (bicyclic) bond motifs is 1. The van der Waals surface area contributed by atoms with Gasteiger partial charge < -0.3 is 0 Å². The first-order valence-corrected chi connectivity index (χ1v) is 4.90. The van der Waals surface area contributed by atoms with Crippen molar-refractivity contribution in [3.63, 3.8) is 0 Å². The van der Waals surface area contributed by atoms with Crippen molar-refractivity contribution in [3.05, 3.63) is 34.9 Å². The van der Waals surface area contributed by atoms with Crippen molar-refractivity contribution in [2.24, 2.45) is 0 Å². The van der Waals surface area contributed by atoms with Gasteiger partial charge in [-0.15, -0.1) is 0 Å². The van der Waals surface area contributed by atoms with Crippen LogP contribution in [0, 0.1) is 11.3 Å². The van der Waals surface area contributed by atoms with E-state index in [-0.39, 0.29) is 5.92 Å². The predicted molar refractivity (Wildman–Crippen MR) is 55.6 cm³/mol. The first kappa shape index (κ1) is 9.23. The third kappa shape index (κ3) is 1.51. The van der Waals surface area contributed by atoms with Gasteiger partial charge in [-0.1, -0.05) is 18.2 Å². The summed E-state index contributed by atoms with van der Waals surface area (Å²) >= 11 is 0. The Hall–Kier alpha value is -1.33. The van der Waals surface area contributed by atoms with Crippen LogP contribution in [-0.4, -0.2) is 11.9 Å². The van der Waals surface area contributed by atoms with Crippen molar-refractivity contribution in [2.45, 2.75) is 25.9 Å². The SMILES string of the molecule is CC(C#N)c1ccc2c(c1)CN(C)C2. The van der Waals surface area contributed by atoms with Crippen LogP contribution in [-0.2, 0) is 13.1 Å². The van der Waals surface area contributed by atoms with Gasteiger partial charge in [-0.05, 0) is 30.7 Å². The van der Waals surface area contributed by atoms with E-state index in [2.05, 4.69) is 36.2 Å². The summed E-state index contributed by atoms with van der Waals surface area (Å²) < 4.78 is 0. The first-order chi connectivity index (χ1) is 6.70. The maximum atomic E-state index is 8.83. The minimum Gasteiger partial charge on any atom is -0.298 e. The summed E-state index contributed by atoms with van der Waals surface area (Å²) in [7, 11) is 2.12. The molecule has 1 aromatic carbocycles. The molecule has 1 aliphatic heterocycles. The first-order valence-electron chi connectivity index (χ1n) is 4.90. The Balaban J connectivity index is 2.34. The zero-order chi connectivity index (χ0) is 10.1. The summed E-state index contributed by atoms with van der Waals surface area (Å²) in [4.78, 5) is 2.28. The van der Waals surface area contributed by atoms with Gasteiger partial charge in [-0.3, -0.25) is 4.90 Å². The van der Waals surface area contributed by atoms with Crippen LogP contribution in [0.25, 0.3) is 0 Å². The minimum atomic E-state index is 0.00575. The molecule has 0 fully saturated rings. The fourth-order valence-corrected chi connectivity index (χ4v) is 1.93. The van der Waals surface area contributed by atoms with E-state index in [1.807, 2.05) is 6.92 Å². The molecule has 0 radical (unpaired) electrons. The molecule has 1 heterocycles. The smallest absolute Gasteiger partial charge is 0.0700 e. The maximum Gasteiger partial charge on any atom is 0.0700 e. The molecule has 0 saturated carbocycles. The van der Waals surface area contributed by atoms with E-state index < -0.39 is 0 Å². The number of hydrogen-bond donors (Lipinski definition) is 0. The lowest BCUT2D eigenvalue weighted by molar-refractivity contribution is 0.353. The van der Waals surface area contributed by atoms with Crippen LogP contribution >= 0.6 is 0 Å². The summed E-state index contributed by atoms with van der Waals surface area (Å²) in [5, 5.41) is 8.83. The van der Waals surface area contributed by atoms with Gasteiger partial charge in [-0.25, -0.2) is 0 Å². The second-order valence-corrected chi connectivity index (χ2v) is 4.05. The third-order valence-electron chi connectivity index (χ3n) is 2.80. The third-order valence-corrected chi connectivity index (χ3v) is 2.80. The molecule has 2 rings (SSSR count). The van der Waals surface area contributed by atoms with Gasteiger partial charge in [0.1, 0.15) is 0 Å². The van der Waals surface area contributed by atoms with E-state index in [1.165, 1.54) is 11.1 Å². The van der Waals surface area contributed by atoms with Gasteiger partial charge in [-0.2, -0.15) is 5.26 Å². The molecule has 0 N–H and O–H groups in total. The molecule has 0 aliphatic carbocycles. The second kappa shape index (κ2) is 3.43. The lowest BCUT2D eigenvalue weighted by Gasteiger charge is -2.05. The summed E-state index contributed by atoms with van der Waals surface area (Å²) in [5.41, 5.74) is 3.93. The molecular weight excluding hydrogens is 172 g/mol. The van der Waals surface area contributed by atoms with Crippen molar-refractivity contribution in [2.75, 3.05) is 7.05 Å². The highest BCUT2D eigenvalue weighted by molar-refractivity contribution is 5.37. The highest BCUT2D eigenvalue weighted by Gasteiger charge is 2.16. The molecule has 0 aromatic heterocycles. The van der Waals surface area contributed by atoms with Crippen LogP contribution in [0.1, 0.15) is 29.5 Å². The lowest BCUT2D eigenvalue weighted by Crippen LogP contribution is -2.07. The highest BCUT2D eigenvalue weighted by atomic mass is 15.1. The average Bonchev–Trinajstić information content (AvgIpc) is 2.55. The van der Waals surface area contributed by atoms with Crippen molar-refractivity contribution in [1.82, 2.24) is 4.90 Å². The normalized spacial score (nSPS) is 17.5. The Morgan fingerprint density at radius 1 is 1.36 bits per heavy atom. The minimum absolute atomic E-state index is 0.00575. The van der Waals surface area contributed by atoms with Crippen LogP contribution in [0.2, 0.25) is 0 Å². The lowest BCUT2D eigenvalue weighted by atomic mass is 9.98. The largest absolute Gasteiger partial charge is 0.298 e. The molecule has 1 aliphatic rings. The van der Waals surface area contributed by atoms with E-state index in [9.17, 15) is 0 Å². The van der Waals surface area contributed by atoms with Crippen molar-refractivity contribution in [1.29, 1.82) is 5.26 Å². The van der Waals surface area contributed by atoms with Crippen molar-refractivity contribution in [3.8, 4) is 6.07 Å². The monoisotopic (exact) mass is 186 g/mol. The Morgan fingerprint density at radius 2 is 2.07 bits per heavy atom. The van der Waals surface area contributed by atoms with Crippen LogP contribution in [0.15, 0.2) is 18.2 Å². The molecule has 2 nitrogen and oxygen atoms in total. The second-order valence-electron chi connectivity index (χ2n) is 4.05. The van der Waals surface area contributed by atoms with Crippen LogP contribution < -0.4 is 0 Å². The van der Waals surface area contributed by atoms with Gasteiger partial charge in [0.25, 0.3) is 0 Å². The molecule has 1 atom stereocenters. The predicted octanol–water partition coefficient (Wildman–Crippen LogP) is 2.26. The molecule has 0 bridgehead atoms. The maximum absolute atomic E-state index is 8.83. The Morgan fingerprint density at radius 3 is 2.79 bits per heavy atom. The molecule has 1 unspecified atom stereocenters. The molecule has 2 heteroatoms. The molecule has 0 spiro atoms. The van der Waals surface area contributed by atoms with Gasteiger partial charge in [0, 0.05) is 13.1 Å². The molecule has 72 valence electrons. The molecule has 0 amide bonds. The Kier molecular flexibility index (Phi) is 2.26. The van der Waals surface area contributed by atoms with E-state index in [1.54, 1.807) is 0 Å². The standard InChI is InChI=1S/C12H14N2/c1-9(6-13)10-3-4-11-7-14(2)8-12(11)5-10/h3-5,9H,7-8H2,1-2H3. The van der Waals surface area contributed by atoms with E-state index >= 15 is 0 Å². The number of nitrogens with zero attached hydrogens (tertiary/aromatic N) is 2. The molecular formula is C12H14N2. The quantitative estimate of drug-likeness (QED) is 0.672. The van der Waals surface area contributed by atoms with Gasteiger partial charge in [0.15, 0.2) is 0 Å². The van der Waals surface area contributed by atoms with E-state index in [0.29, 0.717) is 0 Å². The van der Waals surface area contributed by atoms with Crippen LogP contribution in [0.5, 0.6) is 0 Å². The fourth-order valence-electron chi connectivity index (χ4n) is 1.93. The van der Waals surface area contributed by atoms with Crippen LogP contribution in [0.3, 0.4) is 0 Å². The van der Waals surface area contributed by atoms with Crippen molar-refractivity contribution < 1.29 is 0 Å². The van der Waals surface area contributed by atoms with Crippen LogP contribution in [0.4, 0.5) is 0 Å². The zero-order valence-electron chi connectivity index (χ0n) is 8.62. The number of hydrogen-bond acceptors (Lipinski definition) is 2. The fraction of sp³-hybridized carbons (Fsp3) is 0.417. The van der Waals surface area contributed by atoms with Gasteiger partial charge in [0.2, 0.25) is 0 Å². The molecule has 1 aromatic rings. The van der Waals surface area contributed by atoms with Crippen molar-refractivity contribution >= 4 is 0 Å². The Bertz CT molecular complexity index is 390. The highest BCUT2D eigenvalue weighted by Crippen LogP contribution is 2.25. The average molecular weight is 186 g/mol. The van der Waals surface area contributed by atoms with E-state index in [0.717, 1.165) is 18.7 Å². The molecule has 14 heavy (non-hydrogen) atoms. The Labute approximate surface area is 84.8 Å². The number of nitriles is 1. The van der Waals surface area contributed by atoms with Gasteiger partial charge >= 0.3 is 0 Å². The number of rotatable bonds is 1. The summed E-state index contributed by atoms with van der Waals surface area (Å²) in [6.45, 7) is 4.00. The molecule has 0 saturated heterocycles. The zero-order valence-corrected chi connectivity index (χ0v) is 8.62. The van der Waals surface area contributed by atoms with E-state index in [4.69, 9.17) is 5.26 Å². The summed E-state index contributed by atoms with van der Waals surface area (Å²) in [6.07, 6.45) is 0. The topological polar surface area (TPSA) is 27.0 Å². The van der Waals surface area contributed by atoms with Gasteiger partial charge in [0.05, 0.1) is 12.0 Å². The summed E-state index contributed by atoms with van der Waals surface area (Å²) in [6, 6.07) is 8.67. The summed E-state index contributed by atoms with van der Waals surface area (Å²) in [5.74, 6) is 0.00575.